The summed E-state index contributed by atoms with van der Waals surface area (Å²) in [5.74, 6) is 0. The van der Waals surface area contributed by atoms with E-state index in [9.17, 15) is 0 Å². The molecule has 17 heavy (non-hydrogen) atoms. The van der Waals surface area contributed by atoms with Crippen LogP contribution in [0, 0.1) is 12.3 Å². The molecule has 0 aromatic heterocycles. The van der Waals surface area contributed by atoms with E-state index in [1.54, 1.807) is 0 Å². The summed E-state index contributed by atoms with van der Waals surface area (Å²) in [5, 5.41) is 0. The maximum Gasteiger partial charge on any atom is 0.0366 e. The second kappa shape index (κ2) is 5.54. The summed E-state index contributed by atoms with van der Waals surface area (Å²) < 4.78 is 0. The SMILES string of the molecule is CCN(CC(N)C(C)(C)C)c1ccc(C)cc1. The van der Waals surface area contributed by atoms with Crippen molar-refractivity contribution in [2.45, 2.75) is 40.7 Å². The Morgan fingerprint density at radius 2 is 1.71 bits per heavy atom. The fourth-order valence-corrected chi connectivity index (χ4v) is 1.68. The van der Waals surface area contributed by atoms with Gasteiger partial charge in [0, 0.05) is 24.8 Å². The molecule has 96 valence electrons. The Bertz CT molecular complexity index is 335. The molecule has 0 saturated heterocycles. The Morgan fingerprint density at radius 3 is 2.12 bits per heavy atom. The molecule has 0 spiro atoms. The molecule has 1 unspecified atom stereocenters. The summed E-state index contributed by atoms with van der Waals surface area (Å²) in [6.07, 6.45) is 0. The van der Waals surface area contributed by atoms with Gasteiger partial charge in [-0.25, -0.2) is 0 Å². The monoisotopic (exact) mass is 234 g/mol. The summed E-state index contributed by atoms with van der Waals surface area (Å²) in [4.78, 5) is 2.34. The zero-order valence-corrected chi connectivity index (χ0v) is 11.8. The van der Waals surface area contributed by atoms with Gasteiger partial charge in [-0.05, 0) is 31.4 Å². The summed E-state index contributed by atoms with van der Waals surface area (Å²) in [5.41, 5.74) is 8.96. The lowest BCUT2D eigenvalue weighted by molar-refractivity contribution is 0.321. The van der Waals surface area contributed by atoms with E-state index >= 15 is 0 Å². The van der Waals surface area contributed by atoms with Crippen molar-refractivity contribution < 1.29 is 0 Å². The van der Waals surface area contributed by atoms with Gasteiger partial charge in [0.25, 0.3) is 0 Å². The quantitative estimate of drug-likeness (QED) is 0.867. The lowest BCUT2D eigenvalue weighted by atomic mass is 9.87. The van der Waals surface area contributed by atoms with Crippen molar-refractivity contribution in [2.75, 3.05) is 18.0 Å². The number of nitrogens with zero attached hydrogens (tertiary/aromatic N) is 1. The summed E-state index contributed by atoms with van der Waals surface area (Å²) in [7, 11) is 0. The van der Waals surface area contributed by atoms with E-state index in [0.29, 0.717) is 0 Å². The maximum absolute atomic E-state index is 6.25. The third-order valence-electron chi connectivity index (χ3n) is 3.31. The summed E-state index contributed by atoms with van der Waals surface area (Å²) >= 11 is 0. The molecular formula is C15H26N2. The van der Waals surface area contributed by atoms with E-state index in [1.807, 2.05) is 0 Å². The normalized spacial score (nSPS) is 13.5. The molecule has 1 rings (SSSR count). The van der Waals surface area contributed by atoms with Crippen LogP contribution in [0.5, 0.6) is 0 Å². The van der Waals surface area contributed by atoms with E-state index in [0.717, 1.165) is 13.1 Å². The van der Waals surface area contributed by atoms with Crippen LogP contribution >= 0.6 is 0 Å². The van der Waals surface area contributed by atoms with Gasteiger partial charge in [0.1, 0.15) is 0 Å². The van der Waals surface area contributed by atoms with Crippen molar-refractivity contribution >= 4 is 5.69 Å². The van der Waals surface area contributed by atoms with Crippen LogP contribution < -0.4 is 10.6 Å². The van der Waals surface area contributed by atoms with Crippen molar-refractivity contribution in [3.05, 3.63) is 29.8 Å². The second-order valence-electron chi connectivity index (χ2n) is 5.85. The Balaban J connectivity index is 2.75. The first-order valence-electron chi connectivity index (χ1n) is 6.41. The number of hydrogen-bond acceptors (Lipinski definition) is 2. The third-order valence-corrected chi connectivity index (χ3v) is 3.31. The molecular weight excluding hydrogens is 208 g/mol. The average Bonchev–Trinajstić information content (AvgIpc) is 2.25. The molecule has 0 aliphatic carbocycles. The van der Waals surface area contributed by atoms with Crippen molar-refractivity contribution in [2.24, 2.45) is 11.1 Å². The predicted molar refractivity (Wildman–Crippen MR) is 76.5 cm³/mol. The molecule has 0 aliphatic rings. The fraction of sp³-hybridized carbons (Fsp3) is 0.600. The zero-order chi connectivity index (χ0) is 13.1. The lowest BCUT2D eigenvalue weighted by Gasteiger charge is -2.33. The molecule has 0 saturated carbocycles. The average molecular weight is 234 g/mol. The van der Waals surface area contributed by atoms with Crippen molar-refractivity contribution in [1.29, 1.82) is 0 Å². The van der Waals surface area contributed by atoms with Crippen LogP contribution in [-0.4, -0.2) is 19.1 Å². The van der Waals surface area contributed by atoms with E-state index in [1.165, 1.54) is 11.3 Å². The molecule has 2 N–H and O–H groups in total. The highest BCUT2D eigenvalue weighted by atomic mass is 15.1. The maximum atomic E-state index is 6.25. The lowest BCUT2D eigenvalue weighted by Crippen LogP contribution is -2.45. The molecule has 0 amide bonds. The van der Waals surface area contributed by atoms with Crippen LogP contribution in [0.15, 0.2) is 24.3 Å². The smallest absolute Gasteiger partial charge is 0.0366 e. The van der Waals surface area contributed by atoms with E-state index in [2.05, 4.69) is 63.8 Å². The number of hydrogen-bond donors (Lipinski definition) is 1. The molecule has 1 aromatic rings. The number of aryl methyl sites for hydroxylation is 1. The predicted octanol–water partition coefficient (Wildman–Crippen LogP) is 3.19. The third kappa shape index (κ3) is 4.04. The van der Waals surface area contributed by atoms with E-state index in [4.69, 9.17) is 5.73 Å². The second-order valence-corrected chi connectivity index (χ2v) is 5.85. The van der Waals surface area contributed by atoms with Crippen molar-refractivity contribution in [3.8, 4) is 0 Å². The van der Waals surface area contributed by atoms with Gasteiger partial charge < -0.3 is 10.6 Å². The first-order chi connectivity index (χ1) is 7.84. The summed E-state index contributed by atoms with van der Waals surface area (Å²) in [6.45, 7) is 12.8. The van der Waals surface area contributed by atoms with E-state index < -0.39 is 0 Å². The number of rotatable bonds is 4. The molecule has 2 heteroatoms. The van der Waals surface area contributed by atoms with Gasteiger partial charge in [-0.3, -0.25) is 0 Å². The topological polar surface area (TPSA) is 29.3 Å². The summed E-state index contributed by atoms with van der Waals surface area (Å²) in [6, 6.07) is 8.84. The van der Waals surface area contributed by atoms with Gasteiger partial charge in [0.15, 0.2) is 0 Å². The van der Waals surface area contributed by atoms with Gasteiger partial charge in [-0.2, -0.15) is 0 Å². The molecule has 2 nitrogen and oxygen atoms in total. The van der Waals surface area contributed by atoms with Crippen LogP contribution in [0.1, 0.15) is 33.3 Å². The van der Waals surface area contributed by atoms with Gasteiger partial charge in [0.05, 0.1) is 0 Å². The van der Waals surface area contributed by atoms with Crippen molar-refractivity contribution in [3.63, 3.8) is 0 Å². The zero-order valence-electron chi connectivity index (χ0n) is 11.8. The fourth-order valence-electron chi connectivity index (χ4n) is 1.68. The Hall–Kier alpha value is -1.02. The van der Waals surface area contributed by atoms with Gasteiger partial charge >= 0.3 is 0 Å². The van der Waals surface area contributed by atoms with Gasteiger partial charge in [-0.15, -0.1) is 0 Å². The molecule has 0 aliphatic heterocycles. The number of likely N-dealkylation sites (N-methyl/N-ethyl adjacent to an activating group) is 1. The molecule has 0 heterocycles. The van der Waals surface area contributed by atoms with Gasteiger partial charge in [-0.1, -0.05) is 38.5 Å². The van der Waals surface area contributed by atoms with Crippen LogP contribution in [0.3, 0.4) is 0 Å². The van der Waals surface area contributed by atoms with Crippen LogP contribution in [0.4, 0.5) is 5.69 Å². The molecule has 1 aromatic carbocycles. The molecule has 0 radical (unpaired) electrons. The first kappa shape index (κ1) is 14.0. The first-order valence-corrected chi connectivity index (χ1v) is 6.41. The minimum absolute atomic E-state index is 0.151. The highest BCUT2D eigenvalue weighted by Gasteiger charge is 2.22. The Morgan fingerprint density at radius 1 is 1.18 bits per heavy atom. The highest BCUT2D eigenvalue weighted by molar-refractivity contribution is 5.47. The molecule has 0 bridgehead atoms. The largest absolute Gasteiger partial charge is 0.370 e. The van der Waals surface area contributed by atoms with Crippen molar-refractivity contribution in [1.82, 2.24) is 0 Å². The Kier molecular flexibility index (Phi) is 4.58. The number of benzene rings is 1. The standard InChI is InChI=1S/C15H26N2/c1-6-17(11-14(16)15(3,4)5)13-9-7-12(2)8-10-13/h7-10,14H,6,11,16H2,1-5H3. The molecule has 0 fully saturated rings. The Labute approximate surface area is 106 Å². The van der Waals surface area contributed by atoms with Gasteiger partial charge in [0.2, 0.25) is 0 Å². The van der Waals surface area contributed by atoms with Crippen LogP contribution in [0.2, 0.25) is 0 Å². The molecule has 1 atom stereocenters. The minimum Gasteiger partial charge on any atom is -0.370 e. The van der Waals surface area contributed by atoms with Crippen LogP contribution in [-0.2, 0) is 0 Å². The number of anilines is 1. The number of nitrogens with two attached hydrogens (primary N) is 1. The minimum atomic E-state index is 0.151. The van der Waals surface area contributed by atoms with Crippen LogP contribution in [0.25, 0.3) is 0 Å². The van der Waals surface area contributed by atoms with E-state index in [-0.39, 0.29) is 11.5 Å². The highest BCUT2D eigenvalue weighted by Crippen LogP contribution is 2.21.